The highest BCUT2D eigenvalue weighted by atomic mass is 32.2. The SMILES string of the molecule is Cn1cc(S(=O)(=O)NCC2Cc3ccccc32)c(N)n1. The fourth-order valence-corrected chi connectivity index (χ4v) is 3.71. The number of benzene rings is 1. The number of hydrogen-bond donors (Lipinski definition) is 2. The normalized spacial score (nSPS) is 17.6. The van der Waals surface area contributed by atoms with Crippen molar-refractivity contribution in [3.63, 3.8) is 0 Å². The molecule has 0 saturated carbocycles. The molecule has 3 N–H and O–H groups in total. The second kappa shape index (κ2) is 4.60. The lowest BCUT2D eigenvalue weighted by atomic mass is 9.78. The Morgan fingerprint density at radius 3 is 2.85 bits per heavy atom. The van der Waals surface area contributed by atoms with Crippen molar-refractivity contribution in [2.75, 3.05) is 12.3 Å². The summed E-state index contributed by atoms with van der Waals surface area (Å²) in [6.45, 7) is 0.383. The zero-order chi connectivity index (χ0) is 14.3. The van der Waals surface area contributed by atoms with E-state index in [0.29, 0.717) is 6.54 Å². The van der Waals surface area contributed by atoms with Gasteiger partial charge in [0.1, 0.15) is 4.90 Å². The predicted octanol–water partition coefficient (Wildman–Crippen LogP) is 0.620. The number of rotatable bonds is 4. The van der Waals surface area contributed by atoms with Crippen LogP contribution in [0.1, 0.15) is 17.0 Å². The molecule has 1 atom stereocenters. The summed E-state index contributed by atoms with van der Waals surface area (Å²) in [5.41, 5.74) is 8.11. The van der Waals surface area contributed by atoms with Crippen LogP contribution < -0.4 is 10.5 Å². The fourth-order valence-electron chi connectivity index (χ4n) is 2.52. The van der Waals surface area contributed by atoms with Crippen LogP contribution in [0.15, 0.2) is 35.4 Å². The van der Waals surface area contributed by atoms with Gasteiger partial charge in [0.2, 0.25) is 10.0 Å². The van der Waals surface area contributed by atoms with Crippen LogP contribution in [0.4, 0.5) is 5.82 Å². The van der Waals surface area contributed by atoms with Crippen molar-refractivity contribution in [1.29, 1.82) is 0 Å². The Hall–Kier alpha value is -1.86. The first-order chi connectivity index (χ1) is 9.47. The average Bonchev–Trinajstić information content (AvgIpc) is 2.70. The molecule has 106 valence electrons. The number of sulfonamides is 1. The number of anilines is 1. The summed E-state index contributed by atoms with van der Waals surface area (Å²) >= 11 is 0. The van der Waals surface area contributed by atoms with Crippen LogP contribution in [0.3, 0.4) is 0 Å². The molecule has 6 nitrogen and oxygen atoms in total. The lowest BCUT2D eigenvalue weighted by Crippen LogP contribution is -2.33. The van der Waals surface area contributed by atoms with Crippen LogP contribution in [0.5, 0.6) is 0 Å². The summed E-state index contributed by atoms with van der Waals surface area (Å²) in [6.07, 6.45) is 2.31. The first kappa shape index (κ1) is 13.1. The van der Waals surface area contributed by atoms with Crippen molar-refractivity contribution in [3.05, 3.63) is 41.6 Å². The van der Waals surface area contributed by atoms with Gasteiger partial charge in [0.25, 0.3) is 0 Å². The second-order valence-electron chi connectivity index (χ2n) is 5.00. The van der Waals surface area contributed by atoms with Crippen molar-refractivity contribution < 1.29 is 8.42 Å². The average molecular weight is 292 g/mol. The Labute approximate surface area is 117 Å². The van der Waals surface area contributed by atoms with E-state index in [9.17, 15) is 8.42 Å². The van der Waals surface area contributed by atoms with Gasteiger partial charge < -0.3 is 5.73 Å². The summed E-state index contributed by atoms with van der Waals surface area (Å²) in [6, 6.07) is 8.07. The van der Waals surface area contributed by atoms with Crippen molar-refractivity contribution >= 4 is 15.8 Å². The number of nitrogen functional groups attached to an aromatic ring is 1. The first-order valence-corrected chi connectivity index (χ1v) is 7.82. The Balaban J connectivity index is 1.72. The van der Waals surface area contributed by atoms with Gasteiger partial charge in [-0.2, -0.15) is 5.10 Å². The molecule has 1 aromatic carbocycles. The fraction of sp³-hybridized carbons (Fsp3) is 0.308. The largest absolute Gasteiger partial charge is 0.381 e. The standard InChI is InChI=1S/C13H16N4O2S/c1-17-8-12(13(14)16-17)20(18,19)15-7-10-6-9-4-2-3-5-11(9)10/h2-5,8,10,15H,6-7H2,1H3,(H2,14,16). The van der Waals surface area contributed by atoms with Gasteiger partial charge in [-0.05, 0) is 17.5 Å². The monoisotopic (exact) mass is 292 g/mol. The molecule has 0 spiro atoms. The maximum Gasteiger partial charge on any atom is 0.245 e. The van der Waals surface area contributed by atoms with Crippen molar-refractivity contribution in [1.82, 2.24) is 14.5 Å². The summed E-state index contributed by atoms with van der Waals surface area (Å²) in [5.74, 6) is 0.257. The molecule has 3 rings (SSSR count). The molecule has 0 fully saturated rings. The molecule has 1 unspecified atom stereocenters. The van der Waals surface area contributed by atoms with Crippen LogP contribution in [-0.2, 0) is 23.5 Å². The third kappa shape index (κ3) is 2.19. The van der Waals surface area contributed by atoms with Gasteiger partial charge in [-0.3, -0.25) is 4.68 Å². The molecule has 2 aromatic rings. The van der Waals surface area contributed by atoms with E-state index in [0.717, 1.165) is 6.42 Å². The number of aryl methyl sites for hydroxylation is 1. The zero-order valence-corrected chi connectivity index (χ0v) is 11.9. The first-order valence-electron chi connectivity index (χ1n) is 6.34. The van der Waals surface area contributed by atoms with Gasteiger partial charge in [-0.25, -0.2) is 13.1 Å². The highest BCUT2D eigenvalue weighted by molar-refractivity contribution is 7.89. The van der Waals surface area contributed by atoms with Gasteiger partial charge >= 0.3 is 0 Å². The Morgan fingerprint density at radius 1 is 1.45 bits per heavy atom. The van der Waals surface area contributed by atoms with Crippen LogP contribution in [-0.4, -0.2) is 24.7 Å². The number of nitrogens with two attached hydrogens (primary N) is 1. The minimum absolute atomic E-state index is 0.0222. The van der Waals surface area contributed by atoms with Gasteiger partial charge in [-0.1, -0.05) is 24.3 Å². The minimum Gasteiger partial charge on any atom is -0.381 e. The van der Waals surface area contributed by atoms with Crippen molar-refractivity contribution in [2.24, 2.45) is 7.05 Å². The minimum atomic E-state index is -3.60. The molecule has 20 heavy (non-hydrogen) atoms. The molecule has 1 aromatic heterocycles. The molecule has 0 radical (unpaired) electrons. The van der Waals surface area contributed by atoms with E-state index < -0.39 is 10.0 Å². The van der Waals surface area contributed by atoms with E-state index in [1.165, 1.54) is 22.0 Å². The van der Waals surface area contributed by atoms with E-state index in [-0.39, 0.29) is 16.6 Å². The van der Waals surface area contributed by atoms with Crippen molar-refractivity contribution in [2.45, 2.75) is 17.2 Å². The Morgan fingerprint density at radius 2 is 2.20 bits per heavy atom. The highest BCUT2D eigenvalue weighted by Crippen LogP contribution is 2.34. The number of fused-ring (bicyclic) bond motifs is 1. The molecular formula is C13H16N4O2S. The maximum absolute atomic E-state index is 12.2. The van der Waals surface area contributed by atoms with Gasteiger partial charge in [0.05, 0.1) is 0 Å². The quantitative estimate of drug-likeness (QED) is 0.864. The topological polar surface area (TPSA) is 90.0 Å². The number of nitrogens with one attached hydrogen (secondary N) is 1. The van der Waals surface area contributed by atoms with E-state index in [1.54, 1.807) is 7.05 Å². The number of aromatic nitrogens is 2. The summed E-state index contributed by atoms with van der Waals surface area (Å²) in [4.78, 5) is 0.0348. The summed E-state index contributed by atoms with van der Waals surface area (Å²) in [7, 11) is -1.97. The lowest BCUT2D eigenvalue weighted by Gasteiger charge is -2.30. The number of nitrogens with zero attached hydrogens (tertiary/aromatic N) is 2. The Kier molecular flexibility index (Phi) is 3.02. The molecule has 1 aliphatic rings. The van der Waals surface area contributed by atoms with Gasteiger partial charge in [-0.15, -0.1) is 0 Å². The van der Waals surface area contributed by atoms with E-state index in [4.69, 9.17) is 5.73 Å². The lowest BCUT2D eigenvalue weighted by molar-refractivity contribution is 0.552. The van der Waals surface area contributed by atoms with E-state index >= 15 is 0 Å². The second-order valence-corrected chi connectivity index (χ2v) is 6.74. The van der Waals surface area contributed by atoms with E-state index in [1.807, 2.05) is 18.2 Å². The highest BCUT2D eigenvalue weighted by Gasteiger charge is 2.28. The molecule has 7 heteroatoms. The number of hydrogen-bond acceptors (Lipinski definition) is 4. The molecule has 0 saturated heterocycles. The van der Waals surface area contributed by atoms with E-state index in [2.05, 4.69) is 15.9 Å². The zero-order valence-electron chi connectivity index (χ0n) is 11.1. The van der Waals surface area contributed by atoms with Gasteiger partial charge in [0, 0.05) is 25.7 Å². The molecule has 0 bridgehead atoms. The molecule has 0 amide bonds. The van der Waals surface area contributed by atoms with Gasteiger partial charge in [0.15, 0.2) is 5.82 Å². The van der Waals surface area contributed by atoms with Crippen LogP contribution >= 0.6 is 0 Å². The third-order valence-electron chi connectivity index (χ3n) is 3.59. The van der Waals surface area contributed by atoms with Crippen molar-refractivity contribution in [3.8, 4) is 0 Å². The molecule has 0 aliphatic heterocycles. The predicted molar refractivity (Wildman–Crippen MR) is 75.7 cm³/mol. The van der Waals surface area contributed by atoms with Crippen LogP contribution in [0.25, 0.3) is 0 Å². The third-order valence-corrected chi connectivity index (χ3v) is 5.03. The smallest absolute Gasteiger partial charge is 0.245 e. The molecular weight excluding hydrogens is 276 g/mol. The molecule has 1 heterocycles. The summed E-state index contributed by atoms with van der Waals surface area (Å²) in [5, 5.41) is 3.85. The van der Waals surface area contributed by atoms with Crippen LogP contribution in [0, 0.1) is 0 Å². The molecule has 1 aliphatic carbocycles. The van der Waals surface area contributed by atoms with Crippen LogP contribution in [0.2, 0.25) is 0 Å². The summed E-state index contributed by atoms with van der Waals surface area (Å²) < 4.78 is 28.4. The Bertz CT molecular complexity index is 751. The maximum atomic E-state index is 12.2.